The highest BCUT2D eigenvalue weighted by Gasteiger charge is 2.37. The number of allylic oxidation sites excluding steroid dienone is 4. The molecule has 1 aliphatic heterocycles. The highest BCUT2D eigenvalue weighted by Crippen LogP contribution is 2.46. The first-order valence-electron chi connectivity index (χ1n) is 6.17. The van der Waals surface area contributed by atoms with Gasteiger partial charge in [0, 0.05) is 23.8 Å². The lowest BCUT2D eigenvalue weighted by atomic mass is 9.84. The molecule has 1 aliphatic rings. The molecule has 0 N–H and O–H groups in total. The normalized spacial score (nSPS) is 19.6. The molecule has 0 atom stereocenters. The van der Waals surface area contributed by atoms with Gasteiger partial charge in [-0.3, -0.25) is 4.79 Å². The molecule has 2 heteroatoms. The van der Waals surface area contributed by atoms with Crippen molar-refractivity contribution in [2.24, 2.45) is 0 Å². The molecule has 0 amide bonds. The number of para-hydroxylation sites is 1. The van der Waals surface area contributed by atoms with Gasteiger partial charge in [0.1, 0.15) is 0 Å². The molecule has 0 bridgehead atoms. The molecule has 1 aromatic rings. The Morgan fingerprint density at radius 1 is 1.28 bits per heavy atom. The van der Waals surface area contributed by atoms with Gasteiger partial charge in [-0.15, -0.1) is 0 Å². The molecule has 0 aromatic heterocycles. The van der Waals surface area contributed by atoms with Crippen LogP contribution >= 0.6 is 0 Å². The molecule has 94 valence electrons. The maximum atomic E-state index is 10.9. The molecule has 0 radical (unpaired) electrons. The van der Waals surface area contributed by atoms with Crippen LogP contribution in [0.3, 0.4) is 0 Å². The molecule has 0 spiro atoms. The number of carbonyl (C=O) groups excluding carboxylic acids is 1. The fourth-order valence-corrected chi connectivity index (χ4v) is 2.58. The van der Waals surface area contributed by atoms with Gasteiger partial charge in [0.05, 0.1) is 0 Å². The summed E-state index contributed by atoms with van der Waals surface area (Å²) in [6, 6.07) is 8.43. The van der Waals surface area contributed by atoms with E-state index < -0.39 is 0 Å². The number of ketones is 1. The number of likely N-dealkylation sites (N-methyl/N-ethyl adjacent to an activating group) is 1. The third-order valence-corrected chi connectivity index (χ3v) is 3.53. The zero-order valence-corrected chi connectivity index (χ0v) is 11.4. The van der Waals surface area contributed by atoms with Gasteiger partial charge in [0.25, 0.3) is 0 Å². The van der Waals surface area contributed by atoms with Crippen molar-refractivity contribution in [3.8, 4) is 0 Å². The Morgan fingerprint density at radius 3 is 2.56 bits per heavy atom. The average Bonchev–Trinajstić information content (AvgIpc) is 2.50. The number of nitrogens with zero attached hydrogens (tertiary/aromatic N) is 1. The van der Waals surface area contributed by atoms with E-state index in [9.17, 15) is 4.79 Å². The molecule has 0 fully saturated rings. The number of hydrogen-bond donors (Lipinski definition) is 0. The van der Waals surface area contributed by atoms with E-state index in [4.69, 9.17) is 0 Å². The second-order valence-electron chi connectivity index (χ2n) is 5.22. The van der Waals surface area contributed by atoms with E-state index in [1.807, 2.05) is 12.2 Å². The lowest BCUT2D eigenvalue weighted by Crippen LogP contribution is -2.22. The first-order chi connectivity index (χ1) is 8.44. The summed E-state index contributed by atoms with van der Waals surface area (Å²) in [6.07, 6.45) is 5.46. The van der Waals surface area contributed by atoms with E-state index >= 15 is 0 Å². The number of hydrogen-bond acceptors (Lipinski definition) is 2. The summed E-state index contributed by atoms with van der Waals surface area (Å²) >= 11 is 0. The van der Waals surface area contributed by atoms with Gasteiger partial charge in [-0.05, 0) is 30.7 Å². The topological polar surface area (TPSA) is 20.3 Å². The summed E-state index contributed by atoms with van der Waals surface area (Å²) in [5, 5.41) is 0. The van der Waals surface area contributed by atoms with Gasteiger partial charge in [-0.1, -0.05) is 38.1 Å². The van der Waals surface area contributed by atoms with E-state index in [2.05, 4.69) is 50.1 Å². The second-order valence-corrected chi connectivity index (χ2v) is 5.22. The van der Waals surface area contributed by atoms with Gasteiger partial charge < -0.3 is 4.90 Å². The van der Waals surface area contributed by atoms with Crippen LogP contribution < -0.4 is 4.90 Å². The Hall–Kier alpha value is -1.83. The summed E-state index contributed by atoms with van der Waals surface area (Å²) in [5.74, 6) is 0.0721. The minimum atomic E-state index is -0.0214. The molecule has 0 aliphatic carbocycles. The molecule has 2 nitrogen and oxygen atoms in total. The molecule has 0 saturated carbocycles. The maximum Gasteiger partial charge on any atom is 0.152 e. The summed E-state index contributed by atoms with van der Waals surface area (Å²) in [4.78, 5) is 13.1. The van der Waals surface area contributed by atoms with Crippen molar-refractivity contribution in [2.75, 3.05) is 11.9 Å². The van der Waals surface area contributed by atoms with E-state index in [0.717, 1.165) is 0 Å². The minimum absolute atomic E-state index is 0.0214. The van der Waals surface area contributed by atoms with Crippen LogP contribution in [-0.4, -0.2) is 12.8 Å². The lowest BCUT2D eigenvalue weighted by molar-refractivity contribution is -0.112. The van der Waals surface area contributed by atoms with Gasteiger partial charge >= 0.3 is 0 Å². The minimum Gasteiger partial charge on any atom is -0.347 e. The standard InChI is InChI=1S/C16H19NO/c1-12(18)8-7-11-15-16(2,3)13-9-5-6-10-14(13)17(15)4/h5-11H,1-4H3/b8-7+,15-11-. The van der Waals surface area contributed by atoms with Crippen molar-refractivity contribution in [2.45, 2.75) is 26.2 Å². The largest absolute Gasteiger partial charge is 0.347 e. The van der Waals surface area contributed by atoms with Crippen LogP contribution in [0.25, 0.3) is 0 Å². The molecule has 1 aromatic carbocycles. The second kappa shape index (κ2) is 4.45. The third-order valence-electron chi connectivity index (χ3n) is 3.53. The molecule has 0 saturated heterocycles. The summed E-state index contributed by atoms with van der Waals surface area (Å²) < 4.78 is 0. The van der Waals surface area contributed by atoms with E-state index in [0.29, 0.717) is 0 Å². The van der Waals surface area contributed by atoms with Crippen LogP contribution in [0.4, 0.5) is 5.69 Å². The first-order valence-corrected chi connectivity index (χ1v) is 6.17. The number of rotatable bonds is 2. The summed E-state index contributed by atoms with van der Waals surface area (Å²) in [6.45, 7) is 5.98. The van der Waals surface area contributed by atoms with Crippen molar-refractivity contribution in [3.05, 3.63) is 53.8 Å². The van der Waals surface area contributed by atoms with Crippen molar-refractivity contribution in [3.63, 3.8) is 0 Å². The lowest BCUT2D eigenvalue weighted by Gasteiger charge is -2.23. The Balaban J connectivity index is 2.44. The molecular formula is C16H19NO. The molecular weight excluding hydrogens is 222 g/mol. The molecule has 0 unspecified atom stereocenters. The Bertz CT molecular complexity index is 538. The van der Waals surface area contributed by atoms with Gasteiger partial charge in [0.2, 0.25) is 0 Å². The van der Waals surface area contributed by atoms with Crippen molar-refractivity contribution in [1.82, 2.24) is 0 Å². The van der Waals surface area contributed by atoms with Crippen molar-refractivity contribution < 1.29 is 4.79 Å². The van der Waals surface area contributed by atoms with Crippen LogP contribution in [0.5, 0.6) is 0 Å². The number of benzene rings is 1. The van der Waals surface area contributed by atoms with Crippen LogP contribution in [0.1, 0.15) is 26.3 Å². The Labute approximate surface area is 109 Å². The van der Waals surface area contributed by atoms with Gasteiger partial charge in [-0.2, -0.15) is 0 Å². The Morgan fingerprint density at radius 2 is 1.94 bits per heavy atom. The highest BCUT2D eigenvalue weighted by atomic mass is 16.1. The molecule has 18 heavy (non-hydrogen) atoms. The van der Waals surface area contributed by atoms with Crippen LogP contribution in [0, 0.1) is 0 Å². The van der Waals surface area contributed by atoms with Crippen LogP contribution in [0.2, 0.25) is 0 Å². The van der Waals surface area contributed by atoms with Gasteiger partial charge in [-0.25, -0.2) is 0 Å². The average molecular weight is 241 g/mol. The van der Waals surface area contributed by atoms with E-state index in [-0.39, 0.29) is 11.2 Å². The number of carbonyl (C=O) groups is 1. The smallest absolute Gasteiger partial charge is 0.152 e. The summed E-state index contributed by atoms with van der Waals surface area (Å²) in [7, 11) is 2.07. The van der Waals surface area contributed by atoms with Gasteiger partial charge in [0.15, 0.2) is 5.78 Å². The Kier molecular flexibility index (Phi) is 3.12. The fourth-order valence-electron chi connectivity index (χ4n) is 2.58. The highest BCUT2D eigenvalue weighted by molar-refractivity contribution is 5.87. The van der Waals surface area contributed by atoms with E-state index in [1.54, 1.807) is 13.0 Å². The molecule has 1 heterocycles. The van der Waals surface area contributed by atoms with E-state index in [1.165, 1.54) is 16.9 Å². The fraction of sp³-hybridized carbons (Fsp3) is 0.312. The summed E-state index contributed by atoms with van der Waals surface area (Å²) in [5.41, 5.74) is 3.76. The third kappa shape index (κ3) is 1.99. The maximum absolute atomic E-state index is 10.9. The molecule has 2 rings (SSSR count). The predicted octanol–water partition coefficient (Wildman–Crippen LogP) is 3.44. The predicted molar refractivity (Wildman–Crippen MR) is 75.8 cm³/mol. The van der Waals surface area contributed by atoms with Crippen LogP contribution in [0.15, 0.2) is 48.2 Å². The quantitative estimate of drug-likeness (QED) is 0.739. The first kappa shape index (κ1) is 12.6. The SMILES string of the molecule is CC(=O)/C=C/C=C1\N(C)c2ccccc2C1(C)C. The monoisotopic (exact) mass is 241 g/mol. The van der Waals surface area contributed by atoms with Crippen LogP contribution in [-0.2, 0) is 10.2 Å². The number of fused-ring (bicyclic) bond motifs is 1. The number of anilines is 1. The van der Waals surface area contributed by atoms with Crippen molar-refractivity contribution in [1.29, 1.82) is 0 Å². The zero-order valence-electron chi connectivity index (χ0n) is 11.4. The van der Waals surface area contributed by atoms with Crippen molar-refractivity contribution >= 4 is 11.5 Å². The zero-order chi connectivity index (χ0) is 13.3.